The maximum atomic E-state index is 11.0. The highest BCUT2D eigenvalue weighted by Crippen LogP contribution is 2.06. The van der Waals surface area contributed by atoms with E-state index in [2.05, 4.69) is 18.3 Å². The second kappa shape index (κ2) is 13.7. The van der Waals surface area contributed by atoms with Crippen LogP contribution in [0.5, 0.6) is 0 Å². The third-order valence-electron chi connectivity index (χ3n) is 2.55. The van der Waals surface area contributed by atoms with Crippen LogP contribution in [0.3, 0.4) is 0 Å². The van der Waals surface area contributed by atoms with Gasteiger partial charge < -0.3 is 5.32 Å². The minimum Gasteiger partial charge on any atom is -0.345 e. The van der Waals surface area contributed by atoms with E-state index in [1.54, 1.807) is 12.4 Å². The molecule has 0 fully saturated rings. The van der Waals surface area contributed by atoms with Crippen molar-refractivity contribution in [3.8, 4) is 0 Å². The minimum absolute atomic E-state index is 0.0509. The molecule has 0 saturated carbocycles. The summed E-state index contributed by atoms with van der Waals surface area (Å²) in [6, 6.07) is 0. The lowest BCUT2D eigenvalue weighted by Crippen LogP contribution is -2.22. The molecule has 0 aromatic carbocycles. The number of hydrogen-bond donors (Lipinski definition) is 1. The van der Waals surface area contributed by atoms with Gasteiger partial charge in [-0.2, -0.15) is 0 Å². The first-order valence-electron chi connectivity index (χ1n) is 6.77. The number of allylic oxidation sites excluding steroid dienone is 3. The molecule has 0 saturated heterocycles. The van der Waals surface area contributed by atoms with Crippen LogP contribution in [0.4, 0.5) is 0 Å². The molecule has 0 aromatic heterocycles. The van der Waals surface area contributed by atoms with E-state index < -0.39 is 0 Å². The van der Waals surface area contributed by atoms with Crippen molar-refractivity contribution >= 4 is 12.2 Å². The second-order valence-electron chi connectivity index (χ2n) is 4.21. The molecule has 1 radical (unpaired) electrons. The Balaban J connectivity index is 3.39. The average molecular weight is 250 g/mol. The van der Waals surface area contributed by atoms with Crippen LogP contribution in [-0.2, 0) is 9.59 Å². The van der Waals surface area contributed by atoms with Crippen molar-refractivity contribution in [3.05, 3.63) is 24.3 Å². The fourth-order valence-corrected chi connectivity index (χ4v) is 1.54. The standard InChI is InChI=1S/C15H24NO2/c1-2-3-4-5-6-7-8-9-10-11-12-15(18)16-13-14-17/h9-12H,2-8,13H2,1H3,(H,16,18)/b10-9?,12-11+. The van der Waals surface area contributed by atoms with Crippen LogP contribution in [0.25, 0.3) is 0 Å². The topological polar surface area (TPSA) is 46.2 Å². The molecule has 0 bridgehead atoms. The van der Waals surface area contributed by atoms with Gasteiger partial charge in [-0.15, -0.1) is 0 Å². The highest BCUT2D eigenvalue weighted by molar-refractivity contribution is 5.88. The van der Waals surface area contributed by atoms with Crippen molar-refractivity contribution in [2.45, 2.75) is 51.9 Å². The molecular weight excluding hydrogens is 226 g/mol. The Morgan fingerprint density at radius 3 is 2.56 bits per heavy atom. The van der Waals surface area contributed by atoms with Gasteiger partial charge in [-0.1, -0.05) is 57.3 Å². The SMILES string of the molecule is CCCCCCCCC=C/C=C/C(=O)NC[C]=O. The van der Waals surface area contributed by atoms with Crippen molar-refractivity contribution in [2.75, 3.05) is 6.54 Å². The van der Waals surface area contributed by atoms with Crippen molar-refractivity contribution in [2.24, 2.45) is 0 Å². The lowest BCUT2D eigenvalue weighted by Gasteiger charge is -1.97. The number of unbranched alkanes of at least 4 members (excludes halogenated alkanes) is 6. The zero-order chi connectivity index (χ0) is 13.5. The fourth-order valence-electron chi connectivity index (χ4n) is 1.54. The molecule has 0 unspecified atom stereocenters. The summed E-state index contributed by atoms with van der Waals surface area (Å²) in [5, 5.41) is 2.38. The van der Waals surface area contributed by atoms with E-state index in [0.717, 1.165) is 6.42 Å². The third kappa shape index (κ3) is 12.7. The Bertz CT molecular complexity index is 270. The van der Waals surface area contributed by atoms with Crippen LogP contribution in [0.2, 0.25) is 0 Å². The van der Waals surface area contributed by atoms with Crippen molar-refractivity contribution in [3.63, 3.8) is 0 Å². The Morgan fingerprint density at radius 1 is 1.11 bits per heavy atom. The number of carbonyl (C=O) groups is 1. The fraction of sp³-hybridized carbons (Fsp3) is 0.600. The van der Waals surface area contributed by atoms with E-state index in [0.29, 0.717) is 0 Å². The van der Waals surface area contributed by atoms with E-state index in [1.807, 2.05) is 6.08 Å². The molecule has 1 amide bonds. The lowest BCUT2D eigenvalue weighted by atomic mass is 10.1. The highest BCUT2D eigenvalue weighted by atomic mass is 16.2. The molecule has 0 atom stereocenters. The summed E-state index contributed by atoms with van der Waals surface area (Å²) in [5.74, 6) is -0.262. The monoisotopic (exact) mass is 250 g/mol. The van der Waals surface area contributed by atoms with Gasteiger partial charge in [0, 0.05) is 6.08 Å². The van der Waals surface area contributed by atoms with Gasteiger partial charge in [-0.3, -0.25) is 9.59 Å². The molecule has 0 rings (SSSR count). The van der Waals surface area contributed by atoms with Crippen LogP contribution in [0.15, 0.2) is 24.3 Å². The van der Waals surface area contributed by atoms with Gasteiger partial charge >= 0.3 is 0 Å². The van der Waals surface area contributed by atoms with E-state index in [-0.39, 0.29) is 12.5 Å². The predicted octanol–water partition coefficient (Wildman–Crippen LogP) is 3.08. The molecule has 0 spiro atoms. The lowest BCUT2D eigenvalue weighted by molar-refractivity contribution is -0.116. The Hall–Kier alpha value is -1.38. The maximum absolute atomic E-state index is 11.0. The van der Waals surface area contributed by atoms with Crippen molar-refractivity contribution in [1.82, 2.24) is 5.32 Å². The third-order valence-corrected chi connectivity index (χ3v) is 2.55. The molecular formula is C15H24NO2. The first kappa shape index (κ1) is 16.6. The summed E-state index contributed by atoms with van der Waals surface area (Å²) in [5.41, 5.74) is 0. The maximum Gasteiger partial charge on any atom is 0.244 e. The van der Waals surface area contributed by atoms with E-state index in [1.165, 1.54) is 44.6 Å². The number of carbonyl (C=O) groups excluding carboxylic acids is 2. The largest absolute Gasteiger partial charge is 0.345 e. The molecule has 0 aliphatic heterocycles. The zero-order valence-electron chi connectivity index (χ0n) is 11.3. The Labute approximate surface area is 110 Å². The zero-order valence-corrected chi connectivity index (χ0v) is 11.3. The molecule has 3 nitrogen and oxygen atoms in total. The highest BCUT2D eigenvalue weighted by Gasteiger charge is 1.90. The number of amides is 1. The van der Waals surface area contributed by atoms with E-state index >= 15 is 0 Å². The normalized spacial score (nSPS) is 11.2. The summed E-state index contributed by atoms with van der Waals surface area (Å²) in [7, 11) is 0. The Morgan fingerprint density at radius 2 is 1.83 bits per heavy atom. The van der Waals surface area contributed by atoms with Crippen molar-refractivity contribution < 1.29 is 9.59 Å². The van der Waals surface area contributed by atoms with Gasteiger partial charge in [-0.05, 0) is 12.8 Å². The summed E-state index contributed by atoms with van der Waals surface area (Å²) in [6.07, 6.45) is 17.5. The quantitative estimate of drug-likeness (QED) is 0.348. The van der Waals surface area contributed by atoms with Gasteiger partial charge in [-0.25, -0.2) is 0 Å². The van der Waals surface area contributed by atoms with E-state index in [4.69, 9.17) is 0 Å². The van der Waals surface area contributed by atoms with Crippen LogP contribution in [-0.4, -0.2) is 18.7 Å². The first-order chi connectivity index (χ1) is 8.81. The summed E-state index contributed by atoms with van der Waals surface area (Å²) >= 11 is 0. The molecule has 18 heavy (non-hydrogen) atoms. The molecule has 1 N–H and O–H groups in total. The van der Waals surface area contributed by atoms with Crippen LogP contribution < -0.4 is 5.32 Å². The van der Waals surface area contributed by atoms with Gasteiger partial charge in [0.05, 0.1) is 6.54 Å². The molecule has 101 valence electrons. The average Bonchev–Trinajstić information content (AvgIpc) is 2.38. The summed E-state index contributed by atoms with van der Waals surface area (Å²) in [4.78, 5) is 20.9. The van der Waals surface area contributed by atoms with Gasteiger partial charge in [0.1, 0.15) is 0 Å². The van der Waals surface area contributed by atoms with Crippen LogP contribution in [0.1, 0.15) is 51.9 Å². The van der Waals surface area contributed by atoms with Crippen LogP contribution >= 0.6 is 0 Å². The minimum atomic E-state index is -0.262. The molecule has 0 aliphatic carbocycles. The molecule has 0 aromatic rings. The number of hydrogen-bond acceptors (Lipinski definition) is 2. The Kier molecular flexibility index (Phi) is 12.6. The van der Waals surface area contributed by atoms with Crippen molar-refractivity contribution in [1.29, 1.82) is 0 Å². The number of rotatable bonds is 11. The molecule has 0 heterocycles. The summed E-state index contributed by atoms with van der Waals surface area (Å²) in [6.45, 7) is 2.17. The molecule has 3 heteroatoms. The van der Waals surface area contributed by atoms with Gasteiger partial charge in [0.25, 0.3) is 0 Å². The molecule has 0 aliphatic rings. The second-order valence-corrected chi connectivity index (χ2v) is 4.21. The first-order valence-corrected chi connectivity index (χ1v) is 6.77. The van der Waals surface area contributed by atoms with Gasteiger partial charge in [0.15, 0.2) is 0 Å². The van der Waals surface area contributed by atoms with E-state index in [9.17, 15) is 9.59 Å². The van der Waals surface area contributed by atoms with Crippen LogP contribution in [0, 0.1) is 0 Å². The van der Waals surface area contributed by atoms with Gasteiger partial charge in [0.2, 0.25) is 12.2 Å². The number of nitrogens with one attached hydrogen (secondary N) is 1. The summed E-state index contributed by atoms with van der Waals surface area (Å²) < 4.78 is 0. The smallest absolute Gasteiger partial charge is 0.244 e. The predicted molar refractivity (Wildman–Crippen MR) is 75.0 cm³/mol.